The fraction of sp³-hybridized carbons (Fsp3) is 0.296. The van der Waals surface area contributed by atoms with Gasteiger partial charge in [0, 0.05) is 6.07 Å². The summed E-state index contributed by atoms with van der Waals surface area (Å²) in [6.07, 6.45) is 3.30. The zero-order chi connectivity index (χ0) is 24.4. The van der Waals surface area contributed by atoms with Crippen LogP contribution in [0.4, 0.5) is 5.69 Å². The van der Waals surface area contributed by atoms with E-state index in [-0.39, 0.29) is 17.5 Å². The Morgan fingerprint density at radius 1 is 0.943 bits per heavy atom. The average Bonchev–Trinajstić information content (AvgIpc) is 3.35. The molecule has 5 rings (SSSR count). The van der Waals surface area contributed by atoms with Crippen LogP contribution in [0.25, 0.3) is 0 Å². The van der Waals surface area contributed by atoms with Crippen LogP contribution in [-0.2, 0) is 27.7 Å². The van der Waals surface area contributed by atoms with Gasteiger partial charge in [0.2, 0.25) is 5.91 Å². The number of anilines is 1. The number of benzene rings is 3. The molecule has 1 aliphatic heterocycles. The number of sulfonamides is 1. The molecule has 182 valence electrons. The number of carbonyl (C=O) groups excluding carboxylic acids is 1. The van der Waals surface area contributed by atoms with Crippen LogP contribution < -0.4 is 19.1 Å². The van der Waals surface area contributed by atoms with Gasteiger partial charge in [0.05, 0.1) is 16.6 Å². The third kappa shape index (κ3) is 4.84. The second-order valence-electron chi connectivity index (χ2n) is 8.82. The zero-order valence-electron chi connectivity index (χ0n) is 19.6. The van der Waals surface area contributed by atoms with Gasteiger partial charge in [-0.2, -0.15) is 0 Å². The molecule has 1 unspecified atom stereocenters. The van der Waals surface area contributed by atoms with Crippen LogP contribution >= 0.6 is 0 Å². The lowest BCUT2D eigenvalue weighted by molar-refractivity contribution is -0.120. The van der Waals surface area contributed by atoms with E-state index in [0.29, 0.717) is 30.4 Å². The molecule has 1 heterocycles. The van der Waals surface area contributed by atoms with Crippen molar-refractivity contribution in [1.29, 1.82) is 0 Å². The topological polar surface area (TPSA) is 84.9 Å². The van der Waals surface area contributed by atoms with Gasteiger partial charge in [0.1, 0.15) is 19.8 Å². The molecular formula is C27H28N2O5S. The van der Waals surface area contributed by atoms with Gasteiger partial charge in [-0.15, -0.1) is 0 Å². The predicted octanol–water partition coefficient (Wildman–Crippen LogP) is 4.02. The number of carbonyl (C=O) groups is 1. The maximum absolute atomic E-state index is 13.6. The van der Waals surface area contributed by atoms with Gasteiger partial charge in [-0.05, 0) is 67.1 Å². The lowest BCUT2D eigenvalue weighted by Crippen LogP contribution is -2.41. The Morgan fingerprint density at radius 3 is 2.49 bits per heavy atom. The highest BCUT2D eigenvalue weighted by Crippen LogP contribution is 2.35. The minimum atomic E-state index is -4.01. The predicted molar refractivity (Wildman–Crippen MR) is 133 cm³/mol. The summed E-state index contributed by atoms with van der Waals surface area (Å²) in [5.41, 5.74) is 4.04. The Labute approximate surface area is 205 Å². The Bertz CT molecular complexity index is 1340. The van der Waals surface area contributed by atoms with Crippen molar-refractivity contribution >= 4 is 21.6 Å². The van der Waals surface area contributed by atoms with E-state index in [1.807, 2.05) is 13.0 Å². The first kappa shape index (κ1) is 23.2. The van der Waals surface area contributed by atoms with E-state index in [0.717, 1.165) is 29.1 Å². The number of hydrogen-bond acceptors (Lipinski definition) is 5. The average molecular weight is 493 g/mol. The fourth-order valence-electron chi connectivity index (χ4n) is 4.58. The van der Waals surface area contributed by atoms with Gasteiger partial charge in [0.25, 0.3) is 10.0 Å². The number of fused-ring (bicyclic) bond motifs is 2. The summed E-state index contributed by atoms with van der Waals surface area (Å²) in [7, 11) is -4.01. The SMILES string of the molecule is CC(NC(=O)CN(c1ccc2c(c1)OCCO2)S(=O)(=O)c1ccccc1)c1ccc2c(c1)CCC2. The van der Waals surface area contributed by atoms with E-state index < -0.39 is 15.9 Å². The molecule has 1 aliphatic carbocycles. The number of rotatable bonds is 7. The van der Waals surface area contributed by atoms with E-state index in [4.69, 9.17) is 9.47 Å². The highest BCUT2D eigenvalue weighted by molar-refractivity contribution is 7.92. The van der Waals surface area contributed by atoms with Gasteiger partial charge in [-0.3, -0.25) is 9.10 Å². The molecule has 35 heavy (non-hydrogen) atoms. The maximum Gasteiger partial charge on any atom is 0.264 e. The molecule has 0 spiro atoms. The molecular weight excluding hydrogens is 464 g/mol. The summed E-state index contributed by atoms with van der Waals surface area (Å²) < 4.78 is 39.5. The fourth-order valence-corrected chi connectivity index (χ4v) is 6.02. The second-order valence-corrected chi connectivity index (χ2v) is 10.7. The number of nitrogens with zero attached hydrogens (tertiary/aromatic N) is 1. The van der Waals surface area contributed by atoms with Gasteiger partial charge >= 0.3 is 0 Å². The van der Waals surface area contributed by atoms with Crippen LogP contribution in [-0.4, -0.2) is 34.1 Å². The van der Waals surface area contributed by atoms with Crippen LogP contribution in [0.1, 0.15) is 36.1 Å². The summed E-state index contributed by atoms with van der Waals surface area (Å²) in [6.45, 7) is 2.35. The van der Waals surface area contributed by atoms with Crippen molar-refractivity contribution in [1.82, 2.24) is 5.32 Å². The molecule has 0 saturated heterocycles. The molecule has 7 nitrogen and oxygen atoms in total. The summed E-state index contributed by atoms with van der Waals surface area (Å²) in [5.74, 6) is 0.605. The number of ether oxygens (including phenoxy) is 2. The number of amides is 1. The third-order valence-corrected chi connectivity index (χ3v) is 8.22. The minimum Gasteiger partial charge on any atom is -0.486 e. The molecule has 8 heteroatoms. The lowest BCUT2D eigenvalue weighted by atomic mass is 10.0. The molecule has 3 aromatic rings. The molecule has 0 radical (unpaired) electrons. The van der Waals surface area contributed by atoms with E-state index in [2.05, 4.69) is 17.4 Å². The number of aryl methyl sites for hydroxylation is 2. The summed E-state index contributed by atoms with van der Waals surface area (Å²) in [6, 6.07) is 19.1. The van der Waals surface area contributed by atoms with Crippen LogP contribution in [0, 0.1) is 0 Å². The van der Waals surface area contributed by atoms with Gasteiger partial charge in [-0.1, -0.05) is 36.4 Å². The highest BCUT2D eigenvalue weighted by Gasteiger charge is 2.29. The standard InChI is InChI=1S/C27H28N2O5S/c1-19(21-11-10-20-6-5-7-22(20)16-21)28-27(30)18-29(35(31,32)24-8-3-2-4-9-24)23-12-13-25-26(17-23)34-15-14-33-25/h2-4,8-13,16-17,19H,5-7,14-15,18H2,1H3,(H,28,30). The van der Waals surface area contributed by atoms with Gasteiger partial charge in [0.15, 0.2) is 11.5 Å². The Balaban J connectivity index is 1.41. The minimum absolute atomic E-state index is 0.106. The smallest absolute Gasteiger partial charge is 0.264 e. The molecule has 0 fully saturated rings. The molecule has 1 N–H and O–H groups in total. The first-order valence-corrected chi connectivity index (χ1v) is 13.2. The normalized spacial score (nSPS) is 15.2. The van der Waals surface area contributed by atoms with Crippen molar-refractivity contribution in [3.05, 3.63) is 83.4 Å². The molecule has 1 amide bonds. The summed E-state index contributed by atoms with van der Waals surface area (Å²) in [5, 5.41) is 2.97. The quantitative estimate of drug-likeness (QED) is 0.539. The Hall–Kier alpha value is -3.52. The molecule has 0 saturated carbocycles. The zero-order valence-corrected chi connectivity index (χ0v) is 20.4. The van der Waals surface area contributed by atoms with Crippen molar-refractivity contribution in [2.45, 2.75) is 37.1 Å². The van der Waals surface area contributed by atoms with E-state index >= 15 is 0 Å². The largest absolute Gasteiger partial charge is 0.486 e. The van der Waals surface area contributed by atoms with E-state index in [1.165, 1.54) is 23.3 Å². The van der Waals surface area contributed by atoms with Gasteiger partial charge < -0.3 is 14.8 Å². The molecule has 0 bridgehead atoms. The lowest BCUT2D eigenvalue weighted by Gasteiger charge is -2.27. The van der Waals surface area contributed by atoms with Crippen molar-refractivity contribution in [2.75, 3.05) is 24.1 Å². The maximum atomic E-state index is 13.6. The van der Waals surface area contributed by atoms with Crippen molar-refractivity contribution in [3.8, 4) is 11.5 Å². The first-order valence-electron chi connectivity index (χ1n) is 11.8. The first-order chi connectivity index (χ1) is 16.9. The van der Waals surface area contributed by atoms with Crippen LogP contribution in [0.2, 0.25) is 0 Å². The number of hydrogen-bond donors (Lipinski definition) is 1. The van der Waals surface area contributed by atoms with Crippen molar-refractivity contribution < 1.29 is 22.7 Å². The molecule has 3 aromatic carbocycles. The molecule has 2 aliphatic rings. The Morgan fingerprint density at radius 2 is 1.69 bits per heavy atom. The summed E-state index contributed by atoms with van der Waals surface area (Å²) >= 11 is 0. The monoisotopic (exact) mass is 492 g/mol. The van der Waals surface area contributed by atoms with E-state index in [9.17, 15) is 13.2 Å². The van der Waals surface area contributed by atoms with Gasteiger partial charge in [-0.25, -0.2) is 8.42 Å². The van der Waals surface area contributed by atoms with E-state index in [1.54, 1.807) is 36.4 Å². The second kappa shape index (κ2) is 9.62. The molecule has 1 atom stereocenters. The van der Waals surface area contributed by atoms with Crippen LogP contribution in [0.15, 0.2) is 71.6 Å². The van der Waals surface area contributed by atoms with Crippen molar-refractivity contribution in [3.63, 3.8) is 0 Å². The Kier molecular flexibility index (Phi) is 6.38. The molecule has 0 aromatic heterocycles. The van der Waals surface area contributed by atoms with Crippen molar-refractivity contribution in [2.24, 2.45) is 0 Å². The number of nitrogens with one attached hydrogen (secondary N) is 1. The summed E-state index contributed by atoms with van der Waals surface area (Å²) in [4.78, 5) is 13.2. The third-order valence-electron chi connectivity index (χ3n) is 6.43. The highest BCUT2D eigenvalue weighted by atomic mass is 32.2. The van der Waals surface area contributed by atoms with Crippen LogP contribution in [0.3, 0.4) is 0 Å². The van der Waals surface area contributed by atoms with Crippen LogP contribution in [0.5, 0.6) is 11.5 Å².